The molecule has 0 saturated carbocycles. The lowest BCUT2D eigenvalue weighted by Gasteiger charge is -2.17. The van der Waals surface area contributed by atoms with Gasteiger partial charge in [-0.2, -0.15) is 0 Å². The molecule has 0 aliphatic carbocycles. The predicted molar refractivity (Wildman–Crippen MR) is 101 cm³/mol. The number of benzene rings is 2. The second-order valence-corrected chi connectivity index (χ2v) is 5.36. The number of hydrogen-bond acceptors (Lipinski definition) is 3. The molecule has 0 heterocycles. The zero-order valence-corrected chi connectivity index (χ0v) is 15.5. The van der Waals surface area contributed by atoms with Crippen molar-refractivity contribution >= 4 is 5.97 Å². The molecule has 0 spiro atoms. The fourth-order valence-corrected chi connectivity index (χ4v) is 2.22. The van der Waals surface area contributed by atoms with Crippen LogP contribution in [0.5, 0.6) is 5.75 Å². The zero-order valence-electron chi connectivity index (χ0n) is 15.5. The molecule has 2 aromatic carbocycles. The van der Waals surface area contributed by atoms with Gasteiger partial charge in [-0.3, -0.25) is 4.90 Å². The third kappa shape index (κ3) is 6.17. The van der Waals surface area contributed by atoms with E-state index in [1.165, 1.54) is 5.56 Å². The van der Waals surface area contributed by atoms with Gasteiger partial charge in [0.25, 0.3) is 0 Å². The second kappa shape index (κ2) is 10.6. The molecule has 0 aromatic heterocycles. The average molecular weight is 327 g/mol. The van der Waals surface area contributed by atoms with E-state index in [-0.39, 0.29) is 5.97 Å². The molecule has 0 atom stereocenters. The summed E-state index contributed by atoms with van der Waals surface area (Å²) in [7, 11) is 0. The van der Waals surface area contributed by atoms with Gasteiger partial charge in [0.2, 0.25) is 0 Å². The number of ether oxygens (including phenoxy) is 1. The summed E-state index contributed by atoms with van der Waals surface area (Å²) >= 11 is 0. The fraction of sp³-hybridized carbons (Fsp3) is 0.381. The Morgan fingerprint density at radius 3 is 1.96 bits per heavy atom. The van der Waals surface area contributed by atoms with Gasteiger partial charge in [0.1, 0.15) is 5.75 Å². The molecular formula is C21H29NO2. The van der Waals surface area contributed by atoms with Crippen LogP contribution in [0.25, 0.3) is 0 Å². The maximum absolute atomic E-state index is 12.1. The Bertz CT molecular complexity index is 599. The molecule has 0 bridgehead atoms. The summed E-state index contributed by atoms with van der Waals surface area (Å²) in [6.45, 7) is 13.2. The number of carbonyl (C=O) groups excluding carboxylic acids is 1. The predicted octanol–water partition coefficient (Wildman–Crippen LogP) is 5.08. The van der Waals surface area contributed by atoms with Crippen LogP contribution in [0.15, 0.2) is 48.5 Å². The summed E-state index contributed by atoms with van der Waals surface area (Å²) in [5.41, 5.74) is 2.92. The molecule has 24 heavy (non-hydrogen) atoms. The van der Waals surface area contributed by atoms with Gasteiger partial charge in [0.15, 0.2) is 0 Å². The summed E-state index contributed by atoms with van der Waals surface area (Å²) in [6.07, 6.45) is 0. The maximum atomic E-state index is 12.1. The van der Waals surface area contributed by atoms with E-state index in [0.717, 1.165) is 25.2 Å². The van der Waals surface area contributed by atoms with Crippen molar-refractivity contribution in [2.45, 2.75) is 41.2 Å². The molecule has 3 heteroatoms. The summed E-state index contributed by atoms with van der Waals surface area (Å²) < 4.78 is 5.37. The lowest BCUT2D eigenvalue weighted by Crippen LogP contribution is -2.22. The van der Waals surface area contributed by atoms with Gasteiger partial charge in [-0.15, -0.1) is 0 Å². The highest BCUT2D eigenvalue weighted by molar-refractivity contribution is 5.91. The van der Waals surface area contributed by atoms with Crippen molar-refractivity contribution in [2.75, 3.05) is 13.1 Å². The molecule has 0 saturated heterocycles. The number of hydrogen-bond donors (Lipinski definition) is 0. The summed E-state index contributed by atoms with van der Waals surface area (Å²) in [5, 5.41) is 0. The van der Waals surface area contributed by atoms with Crippen LogP contribution < -0.4 is 4.74 Å². The van der Waals surface area contributed by atoms with E-state index in [9.17, 15) is 4.79 Å². The summed E-state index contributed by atoms with van der Waals surface area (Å²) in [4.78, 5) is 14.4. The smallest absolute Gasteiger partial charge is 0.343 e. The van der Waals surface area contributed by atoms with Crippen LogP contribution in [0.4, 0.5) is 0 Å². The molecule has 0 N–H and O–H groups in total. The molecule has 0 unspecified atom stereocenters. The Morgan fingerprint density at radius 1 is 0.917 bits per heavy atom. The Labute approximate surface area is 146 Å². The highest BCUT2D eigenvalue weighted by atomic mass is 16.5. The largest absolute Gasteiger partial charge is 0.423 e. The van der Waals surface area contributed by atoms with Crippen molar-refractivity contribution < 1.29 is 9.53 Å². The van der Waals surface area contributed by atoms with E-state index in [1.54, 1.807) is 0 Å². The van der Waals surface area contributed by atoms with Gasteiger partial charge < -0.3 is 4.74 Å². The summed E-state index contributed by atoms with van der Waals surface area (Å²) in [5.74, 6) is 0.251. The SMILES string of the molecule is CC.CCN(CC)Cc1ccc(C(=O)Oc2ccc(C)cc2)cc1. The molecule has 3 nitrogen and oxygen atoms in total. The molecule has 2 rings (SSSR count). The van der Waals surface area contributed by atoms with E-state index in [4.69, 9.17) is 4.74 Å². The monoisotopic (exact) mass is 327 g/mol. The van der Waals surface area contributed by atoms with E-state index in [1.807, 2.05) is 69.3 Å². The fourth-order valence-electron chi connectivity index (χ4n) is 2.22. The van der Waals surface area contributed by atoms with Crippen LogP contribution in [-0.4, -0.2) is 24.0 Å². The molecular weight excluding hydrogens is 298 g/mol. The van der Waals surface area contributed by atoms with Crippen molar-refractivity contribution in [1.82, 2.24) is 4.90 Å². The van der Waals surface area contributed by atoms with Crippen molar-refractivity contribution in [3.05, 3.63) is 65.2 Å². The molecule has 0 amide bonds. The van der Waals surface area contributed by atoms with Crippen molar-refractivity contribution in [1.29, 1.82) is 0 Å². The molecule has 0 fully saturated rings. The molecule has 0 radical (unpaired) electrons. The van der Waals surface area contributed by atoms with Crippen molar-refractivity contribution in [2.24, 2.45) is 0 Å². The van der Waals surface area contributed by atoms with Crippen LogP contribution >= 0.6 is 0 Å². The van der Waals surface area contributed by atoms with Gasteiger partial charge in [0.05, 0.1) is 5.56 Å². The van der Waals surface area contributed by atoms with E-state index >= 15 is 0 Å². The quantitative estimate of drug-likeness (QED) is 0.547. The Morgan fingerprint density at radius 2 is 1.46 bits per heavy atom. The highest BCUT2D eigenvalue weighted by Crippen LogP contribution is 2.14. The minimum atomic E-state index is -0.321. The molecule has 2 aromatic rings. The third-order valence-corrected chi connectivity index (χ3v) is 3.72. The number of esters is 1. The first kappa shape index (κ1) is 19.9. The Kier molecular flexibility index (Phi) is 8.80. The van der Waals surface area contributed by atoms with Gasteiger partial charge in [-0.1, -0.05) is 57.5 Å². The Balaban J connectivity index is 0.00000139. The first-order chi connectivity index (χ1) is 11.6. The van der Waals surface area contributed by atoms with Crippen LogP contribution in [0, 0.1) is 6.92 Å². The maximum Gasteiger partial charge on any atom is 0.343 e. The van der Waals surface area contributed by atoms with Crippen molar-refractivity contribution in [3.8, 4) is 5.75 Å². The standard InChI is InChI=1S/C19H23NO2.C2H6/c1-4-20(5-2)14-16-8-10-17(11-9-16)19(21)22-18-12-6-15(3)7-13-18;1-2/h6-13H,4-5,14H2,1-3H3;1-2H3. The molecule has 130 valence electrons. The van der Waals surface area contributed by atoms with Crippen LogP contribution in [0.2, 0.25) is 0 Å². The number of carbonyl (C=O) groups is 1. The number of nitrogens with zero attached hydrogens (tertiary/aromatic N) is 1. The van der Waals surface area contributed by atoms with Crippen molar-refractivity contribution in [3.63, 3.8) is 0 Å². The van der Waals surface area contributed by atoms with Gasteiger partial charge in [0, 0.05) is 6.54 Å². The number of rotatable bonds is 6. The minimum absolute atomic E-state index is 0.321. The second-order valence-electron chi connectivity index (χ2n) is 5.36. The lowest BCUT2D eigenvalue weighted by atomic mass is 10.1. The van der Waals surface area contributed by atoms with Gasteiger partial charge >= 0.3 is 5.97 Å². The van der Waals surface area contributed by atoms with Crippen LogP contribution in [0.1, 0.15) is 49.2 Å². The van der Waals surface area contributed by atoms with Gasteiger partial charge in [-0.25, -0.2) is 4.79 Å². The highest BCUT2D eigenvalue weighted by Gasteiger charge is 2.09. The molecule has 0 aliphatic rings. The number of aryl methyl sites for hydroxylation is 1. The Hall–Kier alpha value is -2.13. The van der Waals surface area contributed by atoms with Crippen LogP contribution in [0.3, 0.4) is 0 Å². The lowest BCUT2D eigenvalue weighted by molar-refractivity contribution is 0.0734. The van der Waals surface area contributed by atoms with Crippen LogP contribution in [-0.2, 0) is 6.54 Å². The average Bonchev–Trinajstić information content (AvgIpc) is 2.63. The first-order valence-corrected chi connectivity index (χ1v) is 8.72. The van der Waals surface area contributed by atoms with E-state index in [2.05, 4.69) is 18.7 Å². The normalized spacial score (nSPS) is 10.1. The third-order valence-electron chi connectivity index (χ3n) is 3.72. The minimum Gasteiger partial charge on any atom is -0.423 e. The first-order valence-electron chi connectivity index (χ1n) is 8.72. The van der Waals surface area contributed by atoms with E-state index in [0.29, 0.717) is 11.3 Å². The topological polar surface area (TPSA) is 29.5 Å². The van der Waals surface area contributed by atoms with E-state index < -0.39 is 0 Å². The molecule has 0 aliphatic heterocycles. The van der Waals surface area contributed by atoms with Gasteiger partial charge in [-0.05, 0) is 49.8 Å². The zero-order chi connectivity index (χ0) is 17.9. The summed E-state index contributed by atoms with van der Waals surface area (Å²) in [6, 6.07) is 15.1.